The van der Waals surface area contributed by atoms with Crippen LogP contribution in [0.5, 0.6) is 0 Å². The smallest absolute Gasteiger partial charge is 0.367 e. The summed E-state index contributed by atoms with van der Waals surface area (Å²) in [6, 6.07) is 12.6. The Bertz CT molecular complexity index is 2570. The number of fused-ring (bicyclic) bond motifs is 2. The summed E-state index contributed by atoms with van der Waals surface area (Å²) in [5.41, 5.74) is 0.698. The van der Waals surface area contributed by atoms with E-state index in [2.05, 4.69) is 20.5 Å². The molecule has 1 saturated carbocycles. The van der Waals surface area contributed by atoms with Crippen LogP contribution in [0.4, 0.5) is 28.9 Å². The predicted molar refractivity (Wildman–Crippen MR) is 209 cm³/mol. The fraction of sp³-hybridized carbons (Fsp3) is 0.439. The van der Waals surface area contributed by atoms with Gasteiger partial charge in [-0.1, -0.05) is 12.1 Å². The molecule has 2 aromatic carbocycles. The molecule has 18 heteroatoms. The zero-order valence-corrected chi connectivity index (χ0v) is 32.4. The molecule has 2 N–H and O–H groups in total. The minimum absolute atomic E-state index is 0.0857. The van der Waals surface area contributed by atoms with Gasteiger partial charge in [0.25, 0.3) is 5.91 Å². The average molecular weight is 815 g/mol. The van der Waals surface area contributed by atoms with E-state index in [1.807, 2.05) is 35.0 Å². The van der Waals surface area contributed by atoms with Crippen molar-refractivity contribution >= 4 is 51.0 Å². The van der Waals surface area contributed by atoms with Crippen LogP contribution in [0, 0.1) is 17.2 Å². The quantitative estimate of drug-likeness (QED) is 0.153. The van der Waals surface area contributed by atoms with Crippen molar-refractivity contribution in [3.05, 3.63) is 82.2 Å². The van der Waals surface area contributed by atoms with Crippen molar-refractivity contribution < 1.29 is 31.9 Å². The molecule has 3 aromatic heterocycles. The molecule has 1 unspecified atom stereocenters. The number of halogens is 4. The first-order valence-electron chi connectivity index (χ1n) is 19.6. The second-order valence-corrected chi connectivity index (χ2v) is 15.8. The Kier molecular flexibility index (Phi) is 10.5. The Morgan fingerprint density at radius 3 is 2.53 bits per heavy atom. The number of rotatable bonds is 8. The minimum atomic E-state index is -4.71. The molecule has 308 valence electrons. The van der Waals surface area contributed by atoms with E-state index >= 15 is 4.39 Å². The van der Waals surface area contributed by atoms with Crippen LogP contribution in [0.15, 0.2) is 59.5 Å². The maximum absolute atomic E-state index is 16.1. The molecule has 14 nitrogen and oxygen atoms in total. The lowest BCUT2D eigenvalue weighted by atomic mass is 9.85. The Balaban J connectivity index is 0.883. The number of carbonyl (C=O) groups is 3. The van der Waals surface area contributed by atoms with Gasteiger partial charge in [0, 0.05) is 44.2 Å². The molecule has 3 fully saturated rings. The zero-order chi connectivity index (χ0) is 41.7. The third-order valence-corrected chi connectivity index (χ3v) is 12.1. The molecule has 3 atom stereocenters. The second-order valence-electron chi connectivity index (χ2n) is 15.8. The van der Waals surface area contributed by atoms with Gasteiger partial charge in [-0.3, -0.25) is 33.5 Å². The number of nitriles is 1. The first-order chi connectivity index (χ1) is 28.2. The summed E-state index contributed by atoms with van der Waals surface area (Å²) in [4.78, 5) is 58.3. The number of hydrogen-bond acceptors (Lipinski definition) is 9. The van der Waals surface area contributed by atoms with E-state index in [1.165, 1.54) is 15.2 Å². The fourth-order valence-corrected chi connectivity index (χ4v) is 9.02. The van der Waals surface area contributed by atoms with Crippen LogP contribution in [0.25, 0.3) is 21.9 Å². The summed E-state index contributed by atoms with van der Waals surface area (Å²) >= 11 is 0. The number of nitrogens with one attached hydrogen (secondary N) is 2. The van der Waals surface area contributed by atoms with Gasteiger partial charge in [0.15, 0.2) is 0 Å². The largest absolute Gasteiger partial charge is 0.433 e. The van der Waals surface area contributed by atoms with Crippen molar-refractivity contribution in [2.45, 2.75) is 75.4 Å². The van der Waals surface area contributed by atoms with Gasteiger partial charge in [0.05, 0.1) is 46.1 Å². The van der Waals surface area contributed by atoms with Crippen molar-refractivity contribution in [1.82, 2.24) is 34.1 Å². The molecule has 3 amide bonds. The molecule has 8 rings (SSSR count). The van der Waals surface area contributed by atoms with Crippen LogP contribution >= 0.6 is 0 Å². The molecule has 5 aromatic rings. The summed E-state index contributed by atoms with van der Waals surface area (Å²) in [6.45, 7) is 1.45. The Morgan fingerprint density at radius 2 is 1.81 bits per heavy atom. The van der Waals surface area contributed by atoms with Crippen LogP contribution in [0.3, 0.4) is 0 Å². The molecule has 0 bridgehead atoms. The van der Waals surface area contributed by atoms with E-state index in [4.69, 9.17) is 5.10 Å². The lowest BCUT2D eigenvalue weighted by molar-refractivity contribution is -0.141. The van der Waals surface area contributed by atoms with Gasteiger partial charge in [0.2, 0.25) is 11.8 Å². The number of pyridine rings is 1. The summed E-state index contributed by atoms with van der Waals surface area (Å²) in [6.07, 6.45) is 0.388. The number of carbonyl (C=O) groups excluding carboxylic acids is 3. The van der Waals surface area contributed by atoms with E-state index in [0.717, 1.165) is 50.0 Å². The minimum Gasteiger partial charge on any atom is -0.367 e. The number of imide groups is 1. The van der Waals surface area contributed by atoms with E-state index < -0.39 is 41.6 Å². The zero-order valence-electron chi connectivity index (χ0n) is 32.4. The normalized spacial score (nSPS) is 22.8. The Hall–Kier alpha value is -6.09. The van der Waals surface area contributed by atoms with Crippen LogP contribution in [-0.4, -0.2) is 85.4 Å². The monoisotopic (exact) mass is 814 g/mol. The molecule has 59 heavy (non-hydrogen) atoms. The maximum Gasteiger partial charge on any atom is 0.433 e. The highest BCUT2D eigenvalue weighted by molar-refractivity contribution is 6.05. The lowest BCUT2D eigenvalue weighted by Crippen LogP contribution is -2.52. The molecular formula is C41H42F4N10O4. The number of aromatic nitrogens is 5. The maximum atomic E-state index is 16.1. The average Bonchev–Trinajstić information content (AvgIpc) is 3.74. The van der Waals surface area contributed by atoms with Gasteiger partial charge in [-0.15, -0.1) is 0 Å². The molecule has 1 aliphatic carbocycles. The molecule has 5 heterocycles. The summed E-state index contributed by atoms with van der Waals surface area (Å²) in [5.74, 6) is -1.40. The standard InChI is InChI=1S/C41H42F4N10O4/c1-51(31-15-16-53(22-27(31)42)32-6-4-7-33-37(32)52(2)40(59)55(33)34-13-14-36(56)49-39(34)58)20-23-9-11-26(12-10-23)54-21-25-18-29(24(19-46)17-30(25)50-54)48-38(57)28-5-3-8-35(47-28)41(43,44)45/h3-8,17-18,21,23,26-27,31,34H,9-16,20,22H2,1-2H3,(H,48,57)(H,49,56,58)/t23?,26?,27-,31-,34?/m1/s1. The van der Waals surface area contributed by atoms with E-state index in [1.54, 1.807) is 31.3 Å². The lowest BCUT2D eigenvalue weighted by Gasteiger charge is -2.42. The second kappa shape index (κ2) is 15.6. The van der Waals surface area contributed by atoms with Gasteiger partial charge in [0.1, 0.15) is 29.7 Å². The first kappa shape index (κ1) is 39.7. The van der Waals surface area contributed by atoms with Gasteiger partial charge < -0.3 is 15.1 Å². The first-order valence-corrected chi connectivity index (χ1v) is 19.6. The highest BCUT2D eigenvalue weighted by atomic mass is 19.4. The number of alkyl halides is 4. The van der Waals surface area contributed by atoms with Crippen molar-refractivity contribution in [3.63, 3.8) is 0 Å². The van der Waals surface area contributed by atoms with Crippen molar-refractivity contribution in [2.75, 3.05) is 36.9 Å². The Labute approximate surface area is 335 Å². The number of aryl methyl sites for hydroxylation is 1. The molecule has 2 aliphatic heterocycles. The van der Waals surface area contributed by atoms with Crippen LogP contribution < -0.4 is 21.2 Å². The SMILES string of the molecule is CN(CC1CCC(n2cc3cc(NC(=O)c4cccc(C(F)(F)F)n4)c(C#N)cc3n2)CC1)[C@@H]1CCN(c2cccc3c2n(C)c(=O)n3C2CCC(=O)NC2=O)C[C@H]1F. The number of nitrogens with zero attached hydrogens (tertiary/aromatic N) is 8. The number of piperidine rings is 2. The highest BCUT2D eigenvalue weighted by Gasteiger charge is 2.37. The van der Waals surface area contributed by atoms with E-state index in [-0.39, 0.29) is 54.3 Å². The number of anilines is 2. The van der Waals surface area contributed by atoms with E-state index in [9.17, 15) is 37.6 Å². The molecule has 2 saturated heterocycles. The van der Waals surface area contributed by atoms with E-state index in [0.29, 0.717) is 40.8 Å². The fourth-order valence-electron chi connectivity index (χ4n) is 9.02. The predicted octanol–water partition coefficient (Wildman–Crippen LogP) is 5.49. The third-order valence-electron chi connectivity index (χ3n) is 12.1. The van der Waals surface area contributed by atoms with Gasteiger partial charge in [-0.05, 0) is 87.9 Å². The Morgan fingerprint density at radius 1 is 1.05 bits per heavy atom. The summed E-state index contributed by atoms with van der Waals surface area (Å²) in [5, 5.41) is 20.0. The third kappa shape index (κ3) is 7.66. The van der Waals surface area contributed by atoms with Crippen LogP contribution in [0.2, 0.25) is 0 Å². The van der Waals surface area contributed by atoms with Gasteiger partial charge in [-0.2, -0.15) is 23.5 Å². The topological polar surface area (TPSA) is 163 Å². The molecular weight excluding hydrogens is 773 g/mol. The highest BCUT2D eigenvalue weighted by Crippen LogP contribution is 2.36. The molecule has 3 aliphatic rings. The molecule has 0 spiro atoms. The van der Waals surface area contributed by atoms with Gasteiger partial charge >= 0.3 is 11.9 Å². The van der Waals surface area contributed by atoms with Crippen molar-refractivity contribution in [1.29, 1.82) is 5.26 Å². The van der Waals surface area contributed by atoms with Crippen LogP contribution in [-0.2, 0) is 22.8 Å². The summed E-state index contributed by atoms with van der Waals surface area (Å²) in [7, 11) is 3.61. The van der Waals surface area contributed by atoms with Crippen molar-refractivity contribution in [2.24, 2.45) is 13.0 Å². The van der Waals surface area contributed by atoms with Gasteiger partial charge in [-0.25, -0.2) is 14.2 Å². The number of amides is 3. The number of benzene rings is 2. The number of hydrogen-bond donors (Lipinski definition) is 2. The number of imidazole rings is 1. The van der Waals surface area contributed by atoms with Crippen LogP contribution in [0.1, 0.15) is 78.8 Å². The molecule has 0 radical (unpaired) electrons. The van der Waals surface area contributed by atoms with Crippen molar-refractivity contribution in [3.8, 4) is 6.07 Å². The summed E-state index contributed by atoms with van der Waals surface area (Å²) < 4.78 is 60.4. The number of para-hydroxylation sites is 1.